The van der Waals surface area contributed by atoms with Crippen LogP contribution in [-0.4, -0.2) is 58.2 Å². The predicted molar refractivity (Wildman–Crippen MR) is 114 cm³/mol. The number of anilines is 2. The van der Waals surface area contributed by atoms with Crippen LogP contribution in [0.5, 0.6) is 0 Å². The first-order chi connectivity index (χ1) is 13.6. The summed E-state index contributed by atoms with van der Waals surface area (Å²) in [5.74, 6) is -0.659. The molecular formula is C19H20Cl2FN3O3S. The van der Waals surface area contributed by atoms with E-state index in [1.807, 2.05) is 4.90 Å². The normalized spacial score (nSPS) is 14.8. The molecule has 0 saturated carbocycles. The Bertz CT molecular complexity index is 991. The minimum atomic E-state index is -3.74. The van der Waals surface area contributed by atoms with Crippen LogP contribution in [-0.2, 0) is 14.8 Å². The van der Waals surface area contributed by atoms with Gasteiger partial charge in [0.15, 0.2) is 0 Å². The molecule has 1 heterocycles. The highest BCUT2D eigenvalue weighted by molar-refractivity contribution is 7.92. The molecule has 1 fully saturated rings. The Morgan fingerprint density at radius 3 is 2.21 bits per heavy atom. The lowest BCUT2D eigenvalue weighted by atomic mass is 10.2. The zero-order valence-electron chi connectivity index (χ0n) is 15.7. The van der Waals surface area contributed by atoms with Crippen LogP contribution < -0.4 is 9.21 Å². The molecule has 10 heteroatoms. The quantitative estimate of drug-likeness (QED) is 0.688. The van der Waals surface area contributed by atoms with E-state index in [2.05, 4.69) is 0 Å². The lowest BCUT2D eigenvalue weighted by molar-refractivity contribution is -0.129. The molecule has 0 N–H and O–H groups in total. The summed E-state index contributed by atoms with van der Waals surface area (Å²) in [4.78, 5) is 16.2. The van der Waals surface area contributed by atoms with E-state index in [1.54, 1.807) is 23.1 Å². The molecule has 3 rings (SSSR count). The molecule has 0 unspecified atom stereocenters. The van der Waals surface area contributed by atoms with Crippen LogP contribution >= 0.6 is 23.2 Å². The Hall–Kier alpha value is -2.03. The molecule has 156 valence electrons. The molecule has 2 aromatic carbocycles. The minimum absolute atomic E-state index is 0.225. The zero-order chi connectivity index (χ0) is 21.2. The van der Waals surface area contributed by atoms with Gasteiger partial charge in [0.05, 0.1) is 17.6 Å². The number of carbonyl (C=O) groups excluding carboxylic acids is 1. The van der Waals surface area contributed by atoms with Crippen molar-refractivity contribution in [3.05, 3.63) is 58.3 Å². The van der Waals surface area contributed by atoms with Gasteiger partial charge in [-0.25, -0.2) is 12.8 Å². The van der Waals surface area contributed by atoms with Gasteiger partial charge in [-0.15, -0.1) is 0 Å². The standard InChI is InChI=1S/C19H20Cl2FN3O3S/c1-29(27,28)25(16-11-14(20)10-15(21)12-16)13-19(26)24-8-6-23(7-9-24)18-5-3-2-4-17(18)22/h2-5,10-12H,6-9,13H2,1H3. The zero-order valence-corrected chi connectivity index (χ0v) is 18.0. The lowest BCUT2D eigenvalue weighted by Crippen LogP contribution is -2.52. The van der Waals surface area contributed by atoms with Crippen LogP contribution in [0.3, 0.4) is 0 Å². The predicted octanol–water partition coefficient (Wildman–Crippen LogP) is 3.25. The highest BCUT2D eigenvalue weighted by Gasteiger charge is 2.27. The van der Waals surface area contributed by atoms with Crippen molar-refractivity contribution in [1.82, 2.24) is 4.90 Å². The molecule has 29 heavy (non-hydrogen) atoms. The maximum absolute atomic E-state index is 14.0. The van der Waals surface area contributed by atoms with Crippen LogP contribution in [0.15, 0.2) is 42.5 Å². The number of nitrogens with zero attached hydrogens (tertiary/aromatic N) is 3. The molecule has 0 atom stereocenters. The van der Waals surface area contributed by atoms with E-state index in [9.17, 15) is 17.6 Å². The van der Waals surface area contributed by atoms with Gasteiger partial charge < -0.3 is 9.80 Å². The second-order valence-corrected chi connectivity index (χ2v) is 9.50. The SMILES string of the molecule is CS(=O)(=O)N(CC(=O)N1CCN(c2ccccc2F)CC1)c1cc(Cl)cc(Cl)c1. The van der Waals surface area contributed by atoms with Crippen molar-refractivity contribution in [1.29, 1.82) is 0 Å². The molecule has 0 spiro atoms. The number of hydrogen-bond acceptors (Lipinski definition) is 4. The molecule has 1 amide bonds. The summed E-state index contributed by atoms with van der Waals surface area (Å²) in [7, 11) is -3.74. The van der Waals surface area contributed by atoms with Gasteiger partial charge in [-0.2, -0.15) is 0 Å². The number of hydrogen-bond donors (Lipinski definition) is 0. The van der Waals surface area contributed by atoms with E-state index in [1.165, 1.54) is 24.3 Å². The Morgan fingerprint density at radius 1 is 1.07 bits per heavy atom. The largest absolute Gasteiger partial charge is 0.366 e. The third kappa shape index (κ3) is 5.32. The number of rotatable bonds is 5. The number of carbonyl (C=O) groups is 1. The van der Waals surface area contributed by atoms with Crippen LogP contribution in [0.2, 0.25) is 10.0 Å². The second kappa shape index (κ2) is 8.77. The first-order valence-corrected chi connectivity index (χ1v) is 11.5. The van der Waals surface area contributed by atoms with Crippen molar-refractivity contribution in [2.75, 3.05) is 48.2 Å². The summed E-state index contributed by atoms with van der Waals surface area (Å²) < 4.78 is 39.5. The first kappa shape index (κ1) is 21.7. The third-order valence-corrected chi connectivity index (χ3v) is 6.22. The number of halogens is 3. The molecule has 1 saturated heterocycles. The average molecular weight is 460 g/mol. The van der Waals surface area contributed by atoms with Gasteiger partial charge in [-0.3, -0.25) is 9.10 Å². The van der Waals surface area contributed by atoms with Gasteiger partial charge >= 0.3 is 0 Å². The van der Waals surface area contributed by atoms with Gasteiger partial charge in [-0.1, -0.05) is 35.3 Å². The number of sulfonamides is 1. The number of piperazine rings is 1. The van der Waals surface area contributed by atoms with Crippen molar-refractivity contribution in [2.24, 2.45) is 0 Å². The summed E-state index contributed by atoms with van der Waals surface area (Å²) >= 11 is 12.0. The molecule has 2 aromatic rings. The molecule has 1 aliphatic rings. The number of benzene rings is 2. The minimum Gasteiger partial charge on any atom is -0.366 e. The van der Waals surface area contributed by atoms with Gasteiger partial charge in [0, 0.05) is 36.2 Å². The molecule has 1 aliphatic heterocycles. The van der Waals surface area contributed by atoms with E-state index >= 15 is 0 Å². The lowest BCUT2D eigenvalue weighted by Gasteiger charge is -2.37. The van der Waals surface area contributed by atoms with Crippen molar-refractivity contribution in [3.8, 4) is 0 Å². The summed E-state index contributed by atoms with van der Waals surface area (Å²) in [6.45, 7) is 1.26. The highest BCUT2D eigenvalue weighted by atomic mass is 35.5. The third-order valence-electron chi connectivity index (χ3n) is 4.64. The van der Waals surface area contributed by atoms with Crippen LogP contribution in [0.1, 0.15) is 0 Å². The van der Waals surface area contributed by atoms with E-state index in [-0.39, 0.29) is 34.0 Å². The monoisotopic (exact) mass is 459 g/mol. The fraction of sp³-hybridized carbons (Fsp3) is 0.316. The molecule has 0 radical (unpaired) electrons. The summed E-state index contributed by atoms with van der Waals surface area (Å²) in [6.07, 6.45) is 1.02. The smallest absolute Gasteiger partial charge is 0.243 e. The summed E-state index contributed by atoms with van der Waals surface area (Å²) in [5, 5.41) is 0.541. The van der Waals surface area contributed by atoms with Gasteiger partial charge in [-0.05, 0) is 30.3 Å². The molecule has 0 bridgehead atoms. The highest BCUT2D eigenvalue weighted by Crippen LogP contribution is 2.27. The molecular weight excluding hydrogens is 440 g/mol. The van der Waals surface area contributed by atoms with Crippen LogP contribution in [0, 0.1) is 5.82 Å². The fourth-order valence-electron chi connectivity index (χ4n) is 3.21. The number of para-hydroxylation sites is 1. The first-order valence-electron chi connectivity index (χ1n) is 8.86. The van der Waals surface area contributed by atoms with Crippen LogP contribution in [0.25, 0.3) is 0 Å². The maximum atomic E-state index is 14.0. The fourth-order valence-corrected chi connectivity index (χ4v) is 4.56. The van der Waals surface area contributed by atoms with E-state index in [0.29, 0.717) is 31.9 Å². The van der Waals surface area contributed by atoms with Crippen molar-refractivity contribution < 1.29 is 17.6 Å². The molecule has 0 aromatic heterocycles. The topological polar surface area (TPSA) is 60.9 Å². The van der Waals surface area contributed by atoms with Crippen molar-refractivity contribution in [2.45, 2.75) is 0 Å². The van der Waals surface area contributed by atoms with Crippen molar-refractivity contribution in [3.63, 3.8) is 0 Å². The van der Waals surface area contributed by atoms with E-state index in [4.69, 9.17) is 23.2 Å². The Morgan fingerprint density at radius 2 is 1.66 bits per heavy atom. The Kier molecular flexibility index (Phi) is 6.55. The number of amides is 1. The maximum Gasteiger partial charge on any atom is 0.243 e. The average Bonchev–Trinajstić information content (AvgIpc) is 2.65. The molecule has 6 nitrogen and oxygen atoms in total. The Balaban J connectivity index is 1.70. The van der Waals surface area contributed by atoms with Gasteiger partial charge in [0.25, 0.3) is 0 Å². The summed E-state index contributed by atoms with van der Waals surface area (Å²) in [5.41, 5.74) is 0.717. The van der Waals surface area contributed by atoms with Gasteiger partial charge in [0.1, 0.15) is 12.4 Å². The van der Waals surface area contributed by atoms with E-state index in [0.717, 1.165) is 10.6 Å². The second-order valence-electron chi connectivity index (χ2n) is 6.72. The molecule has 0 aliphatic carbocycles. The van der Waals surface area contributed by atoms with Crippen molar-refractivity contribution >= 4 is 50.5 Å². The van der Waals surface area contributed by atoms with Gasteiger partial charge in [0.2, 0.25) is 15.9 Å². The Labute approximate surface area is 179 Å². The van der Waals surface area contributed by atoms with E-state index < -0.39 is 10.0 Å². The summed E-state index contributed by atoms with van der Waals surface area (Å²) in [6, 6.07) is 10.8. The van der Waals surface area contributed by atoms with Crippen LogP contribution in [0.4, 0.5) is 15.8 Å².